The fourth-order valence-electron chi connectivity index (χ4n) is 3.09. The Morgan fingerprint density at radius 2 is 2.03 bits per heavy atom. The van der Waals surface area contributed by atoms with Crippen molar-refractivity contribution in [2.24, 2.45) is 0 Å². The second-order valence-electron chi connectivity index (χ2n) is 6.69. The van der Waals surface area contributed by atoms with Crippen LogP contribution in [0.15, 0.2) is 60.3 Å². The minimum absolute atomic E-state index is 0.256. The Hall–Kier alpha value is -3.04. The molecule has 10 heteroatoms. The maximum atomic E-state index is 11.5. The van der Waals surface area contributed by atoms with Gasteiger partial charge in [0, 0.05) is 10.6 Å². The molecule has 3 aromatic rings. The maximum Gasteiger partial charge on any atom is 0.220 e. The minimum atomic E-state index is -0.582. The molecule has 0 bridgehead atoms. The van der Waals surface area contributed by atoms with E-state index in [0.29, 0.717) is 39.7 Å². The van der Waals surface area contributed by atoms with Crippen LogP contribution in [-0.4, -0.2) is 39.4 Å². The highest BCUT2D eigenvalue weighted by Crippen LogP contribution is 2.43. The van der Waals surface area contributed by atoms with Crippen molar-refractivity contribution < 1.29 is 14.4 Å². The van der Waals surface area contributed by atoms with Crippen LogP contribution in [0, 0.1) is 17.0 Å². The largest absolute Gasteiger partial charge is 0.490 e. The van der Waals surface area contributed by atoms with E-state index >= 15 is 0 Å². The lowest BCUT2D eigenvalue weighted by Gasteiger charge is -2.18. The molecule has 3 rings (SSSR count). The zero-order chi connectivity index (χ0) is 23.1. The average molecular weight is 475 g/mol. The van der Waals surface area contributed by atoms with Gasteiger partial charge in [0.25, 0.3) is 0 Å². The molecule has 1 heterocycles. The number of benzene rings is 2. The summed E-state index contributed by atoms with van der Waals surface area (Å²) in [6.45, 7) is 7.62. The second-order valence-corrected chi connectivity index (χ2v) is 8.26. The van der Waals surface area contributed by atoms with Crippen LogP contribution in [0.5, 0.6) is 11.5 Å². The first-order valence-corrected chi connectivity index (χ1v) is 11.2. The molecule has 0 aliphatic heterocycles. The van der Waals surface area contributed by atoms with Crippen LogP contribution in [0.25, 0.3) is 5.69 Å². The molecule has 1 aromatic heterocycles. The van der Waals surface area contributed by atoms with Gasteiger partial charge < -0.3 is 9.47 Å². The summed E-state index contributed by atoms with van der Waals surface area (Å²) in [7, 11) is 0. The molecule has 168 valence electrons. The van der Waals surface area contributed by atoms with E-state index in [9.17, 15) is 10.1 Å². The SMILES string of the molecule is C=CCOc1c(Cl)cc([C@@H](C[N+](=O)[O-])Sc2nnc(C)n2-c2ccccc2)cc1OCC. The predicted octanol–water partition coefficient (Wildman–Crippen LogP) is 5.30. The van der Waals surface area contributed by atoms with Crippen LogP contribution in [0.1, 0.15) is 23.6 Å². The highest BCUT2D eigenvalue weighted by molar-refractivity contribution is 7.99. The van der Waals surface area contributed by atoms with Gasteiger partial charge in [-0.2, -0.15) is 0 Å². The third kappa shape index (κ3) is 5.60. The number of aromatic nitrogens is 3. The van der Waals surface area contributed by atoms with Crippen LogP contribution in [0.2, 0.25) is 5.02 Å². The Morgan fingerprint density at radius 1 is 1.28 bits per heavy atom. The Balaban J connectivity index is 2.02. The molecule has 1 atom stereocenters. The molecule has 0 radical (unpaired) electrons. The number of nitro groups is 1. The van der Waals surface area contributed by atoms with Gasteiger partial charge in [-0.1, -0.05) is 54.2 Å². The standard InChI is InChI=1S/C22H23ClN4O4S/c1-4-11-31-21-18(23)12-16(13-19(21)30-5-2)20(14-26(28)29)32-22-25-24-15(3)27(22)17-9-7-6-8-10-17/h4,6-10,12-13,20H,1,5,11,14H2,2-3H3/t20-/m1/s1. The predicted molar refractivity (Wildman–Crippen MR) is 125 cm³/mol. The number of halogens is 1. The van der Waals surface area contributed by atoms with Crippen LogP contribution in [0.4, 0.5) is 0 Å². The molecule has 0 fully saturated rings. The van der Waals surface area contributed by atoms with Crippen LogP contribution in [0.3, 0.4) is 0 Å². The zero-order valence-corrected chi connectivity index (χ0v) is 19.3. The van der Waals surface area contributed by atoms with E-state index in [2.05, 4.69) is 16.8 Å². The van der Waals surface area contributed by atoms with E-state index in [1.807, 2.05) is 48.7 Å². The van der Waals surface area contributed by atoms with Gasteiger partial charge in [-0.3, -0.25) is 14.7 Å². The molecule has 0 spiro atoms. The molecule has 0 saturated heterocycles. The van der Waals surface area contributed by atoms with Crippen molar-refractivity contribution in [3.8, 4) is 17.2 Å². The topological polar surface area (TPSA) is 92.3 Å². The molecule has 32 heavy (non-hydrogen) atoms. The van der Waals surface area contributed by atoms with Gasteiger partial charge in [0.1, 0.15) is 17.7 Å². The summed E-state index contributed by atoms with van der Waals surface area (Å²) in [4.78, 5) is 11.1. The lowest BCUT2D eigenvalue weighted by atomic mass is 10.1. The van der Waals surface area contributed by atoms with Crippen molar-refractivity contribution in [1.82, 2.24) is 14.8 Å². The third-order valence-electron chi connectivity index (χ3n) is 4.42. The molecule has 8 nitrogen and oxygen atoms in total. The third-order valence-corrected chi connectivity index (χ3v) is 5.88. The number of rotatable bonds is 11. The molecule has 0 aliphatic carbocycles. The summed E-state index contributed by atoms with van der Waals surface area (Å²) < 4.78 is 13.2. The second kappa shape index (κ2) is 11.0. The summed E-state index contributed by atoms with van der Waals surface area (Å²) >= 11 is 7.72. The van der Waals surface area contributed by atoms with E-state index in [1.54, 1.807) is 18.2 Å². The summed E-state index contributed by atoms with van der Waals surface area (Å²) in [6.07, 6.45) is 1.60. The summed E-state index contributed by atoms with van der Waals surface area (Å²) in [5.41, 5.74) is 1.50. The van der Waals surface area contributed by atoms with Crippen molar-refractivity contribution in [2.45, 2.75) is 24.3 Å². The van der Waals surface area contributed by atoms with Crippen LogP contribution < -0.4 is 9.47 Å². The first-order chi connectivity index (χ1) is 15.4. The number of ether oxygens (including phenoxy) is 2. The number of para-hydroxylation sites is 1. The van der Waals surface area contributed by atoms with E-state index in [-0.39, 0.29) is 18.1 Å². The highest BCUT2D eigenvalue weighted by atomic mass is 35.5. The molecular weight excluding hydrogens is 452 g/mol. The summed E-state index contributed by atoms with van der Waals surface area (Å²) in [5, 5.41) is 20.2. The number of aryl methyl sites for hydroxylation is 1. The normalized spacial score (nSPS) is 11.7. The first kappa shape index (κ1) is 23.6. The van der Waals surface area contributed by atoms with Gasteiger partial charge in [-0.25, -0.2) is 0 Å². The van der Waals surface area contributed by atoms with E-state index in [1.165, 1.54) is 11.8 Å². The molecule has 0 amide bonds. The molecule has 2 aromatic carbocycles. The molecule has 0 N–H and O–H groups in total. The quantitative estimate of drug-likeness (QED) is 0.161. The van der Waals surface area contributed by atoms with Crippen molar-refractivity contribution in [3.63, 3.8) is 0 Å². The molecular formula is C22H23ClN4O4S. The number of hydrogen-bond acceptors (Lipinski definition) is 7. The first-order valence-electron chi connectivity index (χ1n) is 9.90. The highest BCUT2D eigenvalue weighted by Gasteiger charge is 2.26. The average Bonchev–Trinajstić information content (AvgIpc) is 3.13. The van der Waals surface area contributed by atoms with Crippen molar-refractivity contribution in [1.29, 1.82) is 0 Å². The van der Waals surface area contributed by atoms with Crippen molar-refractivity contribution in [3.05, 3.63) is 81.6 Å². The number of thioether (sulfide) groups is 1. The summed E-state index contributed by atoms with van der Waals surface area (Å²) in [5.74, 6) is 1.48. The Kier molecular flexibility index (Phi) is 8.13. The van der Waals surface area contributed by atoms with Gasteiger partial charge in [0.05, 0.1) is 11.6 Å². The fourth-order valence-corrected chi connectivity index (χ4v) is 4.51. The van der Waals surface area contributed by atoms with Crippen molar-refractivity contribution >= 4 is 23.4 Å². The number of hydrogen-bond donors (Lipinski definition) is 0. The van der Waals surface area contributed by atoms with Gasteiger partial charge in [-0.05, 0) is 43.7 Å². The monoisotopic (exact) mass is 474 g/mol. The van der Waals surface area contributed by atoms with Gasteiger partial charge in [-0.15, -0.1) is 10.2 Å². The van der Waals surface area contributed by atoms with E-state index in [4.69, 9.17) is 21.1 Å². The van der Waals surface area contributed by atoms with E-state index in [0.717, 1.165) is 5.69 Å². The molecule has 0 aliphatic rings. The maximum absolute atomic E-state index is 11.5. The molecule has 0 unspecified atom stereocenters. The van der Waals surface area contributed by atoms with Crippen LogP contribution >= 0.6 is 23.4 Å². The molecule has 0 saturated carbocycles. The Morgan fingerprint density at radius 3 is 2.69 bits per heavy atom. The smallest absolute Gasteiger partial charge is 0.220 e. The van der Waals surface area contributed by atoms with Gasteiger partial charge in [0.2, 0.25) is 6.54 Å². The fraction of sp³-hybridized carbons (Fsp3) is 0.273. The summed E-state index contributed by atoms with van der Waals surface area (Å²) in [6, 6.07) is 13.0. The van der Waals surface area contributed by atoms with Gasteiger partial charge in [0.15, 0.2) is 16.7 Å². The zero-order valence-electron chi connectivity index (χ0n) is 17.7. The van der Waals surface area contributed by atoms with Gasteiger partial charge >= 0.3 is 0 Å². The van der Waals surface area contributed by atoms with Crippen molar-refractivity contribution in [2.75, 3.05) is 19.8 Å². The number of nitrogens with zero attached hydrogens (tertiary/aromatic N) is 4. The lowest BCUT2D eigenvalue weighted by Crippen LogP contribution is -2.12. The van der Waals surface area contributed by atoms with E-state index < -0.39 is 5.25 Å². The lowest BCUT2D eigenvalue weighted by molar-refractivity contribution is -0.479. The Labute approximate surface area is 195 Å². The Bertz CT molecular complexity index is 1090. The minimum Gasteiger partial charge on any atom is -0.490 e. The van der Waals surface area contributed by atoms with Crippen LogP contribution in [-0.2, 0) is 0 Å².